The molecule has 1 heterocycles. The van der Waals surface area contributed by atoms with Gasteiger partial charge in [0.1, 0.15) is 11.4 Å². The summed E-state index contributed by atoms with van der Waals surface area (Å²) >= 11 is 12.5. The van der Waals surface area contributed by atoms with Gasteiger partial charge < -0.3 is 15.3 Å². The number of benzene rings is 1. The number of carboxylic acids is 1. The predicted octanol–water partition coefficient (Wildman–Crippen LogP) is 5.69. The van der Waals surface area contributed by atoms with Crippen molar-refractivity contribution in [2.45, 2.75) is 82.8 Å². The molecule has 2 amide bonds. The third kappa shape index (κ3) is 6.10. The molecule has 2 N–H and O–H groups in total. The summed E-state index contributed by atoms with van der Waals surface area (Å²) < 4.78 is 0. The fraction of sp³-hybridized carbons (Fsp3) is 0.500. The number of aliphatic imine (C=N–C) groups is 1. The number of carbonyl (C=O) groups excluding carboxylic acids is 2. The Morgan fingerprint density at radius 1 is 1.11 bits per heavy atom. The van der Waals surface area contributed by atoms with Crippen molar-refractivity contribution < 1.29 is 19.5 Å². The zero-order valence-corrected chi connectivity index (χ0v) is 22.6. The third-order valence-corrected chi connectivity index (χ3v) is 7.82. The smallest absolute Gasteiger partial charge is 0.305 e. The molecule has 0 radical (unpaired) electrons. The van der Waals surface area contributed by atoms with Gasteiger partial charge in [-0.1, -0.05) is 55.1 Å². The number of hydrogen-bond donors (Lipinski definition) is 2. The summed E-state index contributed by atoms with van der Waals surface area (Å²) in [7, 11) is 0. The Kier molecular flexibility index (Phi) is 8.75. The maximum Gasteiger partial charge on any atom is 0.305 e. The van der Waals surface area contributed by atoms with E-state index in [4.69, 9.17) is 33.3 Å². The molecule has 37 heavy (non-hydrogen) atoms. The van der Waals surface area contributed by atoms with Crippen LogP contribution in [0.3, 0.4) is 0 Å². The molecule has 0 saturated heterocycles. The maximum atomic E-state index is 14.1. The normalized spacial score (nSPS) is 19.8. The Morgan fingerprint density at radius 3 is 2.41 bits per heavy atom. The van der Waals surface area contributed by atoms with Gasteiger partial charge in [0, 0.05) is 27.7 Å². The van der Waals surface area contributed by atoms with Gasteiger partial charge >= 0.3 is 5.97 Å². The van der Waals surface area contributed by atoms with Gasteiger partial charge in [-0.2, -0.15) is 0 Å². The Hall–Kier alpha value is -2.64. The summed E-state index contributed by atoms with van der Waals surface area (Å²) in [6.07, 6.45) is 11.3. The molecular weight excluding hydrogens is 513 g/mol. The van der Waals surface area contributed by atoms with E-state index < -0.39 is 11.6 Å². The predicted molar refractivity (Wildman–Crippen MR) is 145 cm³/mol. The number of carboxylic acid groups (broad SMARTS) is 1. The van der Waals surface area contributed by atoms with Crippen LogP contribution in [0.2, 0.25) is 10.0 Å². The van der Waals surface area contributed by atoms with Gasteiger partial charge in [0.05, 0.1) is 12.5 Å². The number of nitrogens with one attached hydrogen (secondary N) is 1. The molecule has 1 atom stereocenters. The molecule has 0 bridgehead atoms. The summed E-state index contributed by atoms with van der Waals surface area (Å²) in [5.74, 6) is -1.29. The molecule has 1 spiro atoms. The molecule has 3 aliphatic rings. The number of amides is 2. The van der Waals surface area contributed by atoms with Gasteiger partial charge in [0.15, 0.2) is 0 Å². The lowest BCUT2D eigenvalue weighted by molar-refractivity contribution is -0.137. The summed E-state index contributed by atoms with van der Waals surface area (Å²) in [4.78, 5) is 44.4. The third-order valence-electron chi connectivity index (χ3n) is 7.38. The van der Waals surface area contributed by atoms with E-state index in [0.717, 1.165) is 50.5 Å². The minimum Gasteiger partial charge on any atom is -0.481 e. The second-order valence-electron chi connectivity index (χ2n) is 9.97. The van der Waals surface area contributed by atoms with E-state index in [2.05, 4.69) is 12.2 Å². The molecule has 2 aliphatic carbocycles. The SMILES string of the molecule is CCCC(C1=CC=C(C(=O)NCCC(=O)O)CC1)N1C(=O)C(c2cc(Cl)cc(Cl)c2)=NC12CCCCC2. The highest BCUT2D eigenvalue weighted by molar-refractivity contribution is 6.48. The van der Waals surface area contributed by atoms with Crippen LogP contribution in [-0.4, -0.2) is 51.8 Å². The van der Waals surface area contributed by atoms with Crippen molar-refractivity contribution in [3.8, 4) is 0 Å². The first-order valence-corrected chi connectivity index (χ1v) is 13.8. The van der Waals surface area contributed by atoms with Crippen LogP contribution < -0.4 is 5.32 Å². The quantitative estimate of drug-likeness (QED) is 0.416. The topological polar surface area (TPSA) is 99.1 Å². The lowest BCUT2D eigenvalue weighted by atomic mass is 9.84. The largest absolute Gasteiger partial charge is 0.481 e. The average molecular weight is 546 g/mol. The summed E-state index contributed by atoms with van der Waals surface area (Å²) in [5, 5.41) is 12.4. The van der Waals surface area contributed by atoms with Crippen molar-refractivity contribution in [1.29, 1.82) is 0 Å². The number of nitrogens with zero attached hydrogens (tertiary/aromatic N) is 2. The summed E-state index contributed by atoms with van der Waals surface area (Å²) in [5.41, 5.74) is 2.21. The number of halogens is 2. The molecule has 9 heteroatoms. The van der Waals surface area contributed by atoms with E-state index in [9.17, 15) is 14.4 Å². The molecular formula is C28H33Cl2N3O4. The number of aliphatic carboxylic acids is 1. The van der Waals surface area contributed by atoms with Crippen molar-refractivity contribution in [3.63, 3.8) is 0 Å². The maximum absolute atomic E-state index is 14.1. The van der Waals surface area contributed by atoms with Gasteiger partial charge in [-0.05, 0) is 68.7 Å². The minimum atomic E-state index is -0.948. The van der Waals surface area contributed by atoms with Crippen LogP contribution in [0.1, 0.15) is 76.7 Å². The lowest BCUT2D eigenvalue weighted by Gasteiger charge is -2.44. The lowest BCUT2D eigenvalue weighted by Crippen LogP contribution is -2.54. The summed E-state index contributed by atoms with van der Waals surface area (Å²) in [6.45, 7) is 2.21. The standard InChI is InChI=1S/C28H33Cl2N3O4/c1-2-6-23(18-7-9-19(10-8-18)26(36)31-14-11-24(34)35)33-27(37)25(20-15-21(29)17-22(30)16-20)32-28(33)12-4-3-5-13-28/h7,9,15-17,23H,2-6,8,10-14H2,1H3,(H,31,36)(H,34,35). The molecule has 1 aromatic rings. The molecule has 1 fully saturated rings. The number of carbonyl (C=O) groups is 3. The molecule has 4 rings (SSSR count). The van der Waals surface area contributed by atoms with E-state index in [1.54, 1.807) is 18.2 Å². The average Bonchev–Trinajstić information content (AvgIpc) is 3.13. The van der Waals surface area contributed by atoms with Crippen LogP contribution >= 0.6 is 23.2 Å². The molecule has 1 aliphatic heterocycles. The van der Waals surface area contributed by atoms with Crippen LogP contribution in [0.4, 0.5) is 0 Å². The van der Waals surface area contributed by atoms with Crippen molar-refractivity contribution >= 4 is 46.7 Å². The molecule has 1 saturated carbocycles. The molecule has 1 unspecified atom stereocenters. The Balaban J connectivity index is 1.64. The highest BCUT2D eigenvalue weighted by Gasteiger charge is 2.51. The fourth-order valence-electron chi connectivity index (χ4n) is 5.66. The molecule has 1 aromatic carbocycles. The zero-order chi connectivity index (χ0) is 26.6. The van der Waals surface area contributed by atoms with Crippen LogP contribution in [0.15, 0.2) is 46.5 Å². The van der Waals surface area contributed by atoms with Crippen molar-refractivity contribution in [2.24, 2.45) is 4.99 Å². The van der Waals surface area contributed by atoms with Gasteiger partial charge in [0.25, 0.3) is 5.91 Å². The van der Waals surface area contributed by atoms with Crippen LogP contribution in [0, 0.1) is 0 Å². The summed E-state index contributed by atoms with van der Waals surface area (Å²) in [6, 6.07) is 5.02. The van der Waals surface area contributed by atoms with Crippen molar-refractivity contribution in [2.75, 3.05) is 6.54 Å². The van der Waals surface area contributed by atoms with E-state index in [-0.39, 0.29) is 30.8 Å². The Bertz CT molecular complexity index is 1150. The van der Waals surface area contributed by atoms with Crippen LogP contribution in [-0.2, 0) is 14.4 Å². The molecule has 198 valence electrons. The Labute approximate surface area is 227 Å². The van der Waals surface area contributed by atoms with E-state index >= 15 is 0 Å². The second-order valence-corrected chi connectivity index (χ2v) is 10.8. The van der Waals surface area contributed by atoms with Gasteiger partial charge in [-0.3, -0.25) is 19.4 Å². The number of hydrogen-bond acceptors (Lipinski definition) is 4. The highest BCUT2D eigenvalue weighted by atomic mass is 35.5. The van der Waals surface area contributed by atoms with Crippen molar-refractivity contribution in [1.82, 2.24) is 10.2 Å². The number of allylic oxidation sites excluding steroid dienone is 2. The monoisotopic (exact) mass is 545 g/mol. The number of rotatable bonds is 9. The van der Waals surface area contributed by atoms with Crippen molar-refractivity contribution in [3.05, 3.63) is 57.1 Å². The minimum absolute atomic E-state index is 0.0962. The van der Waals surface area contributed by atoms with Gasteiger partial charge in [-0.25, -0.2) is 0 Å². The second kappa shape index (κ2) is 11.8. The molecule has 0 aromatic heterocycles. The fourth-order valence-corrected chi connectivity index (χ4v) is 6.19. The first kappa shape index (κ1) is 27.4. The van der Waals surface area contributed by atoms with Crippen LogP contribution in [0.25, 0.3) is 0 Å². The zero-order valence-electron chi connectivity index (χ0n) is 21.1. The van der Waals surface area contributed by atoms with Gasteiger partial charge in [-0.15, -0.1) is 0 Å². The van der Waals surface area contributed by atoms with E-state index in [1.165, 1.54) is 0 Å². The Morgan fingerprint density at radius 2 is 1.81 bits per heavy atom. The molecule has 7 nitrogen and oxygen atoms in total. The van der Waals surface area contributed by atoms with E-state index in [1.807, 2.05) is 17.1 Å². The van der Waals surface area contributed by atoms with Gasteiger partial charge in [0.2, 0.25) is 5.91 Å². The highest BCUT2D eigenvalue weighted by Crippen LogP contribution is 2.44. The van der Waals surface area contributed by atoms with E-state index in [0.29, 0.717) is 39.7 Å². The first-order valence-electron chi connectivity index (χ1n) is 13.0. The van der Waals surface area contributed by atoms with Crippen LogP contribution in [0.5, 0.6) is 0 Å². The first-order chi connectivity index (χ1) is 17.7.